The second-order valence-corrected chi connectivity index (χ2v) is 9.71. The van der Waals surface area contributed by atoms with E-state index in [1.54, 1.807) is 11.3 Å². The average Bonchev–Trinajstić information content (AvgIpc) is 3.36. The number of aromatic nitrogens is 1. The molecule has 28 heavy (non-hydrogen) atoms. The molecule has 1 saturated carbocycles. The molecule has 6 nitrogen and oxygen atoms in total. The number of carbonyl (C=O) groups is 2. The van der Waals surface area contributed by atoms with Crippen molar-refractivity contribution in [1.29, 1.82) is 0 Å². The zero-order chi connectivity index (χ0) is 19.5. The van der Waals surface area contributed by atoms with Gasteiger partial charge in [-0.3, -0.25) is 9.59 Å². The van der Waals surface area contributed by atoms with Crippen molar-refractivity contribution in [2.24, 2.45) is 5.92 Å². The number of likely N-dealkylation sites (N-methyl/N-ethyl adjacent to an activating group) is 1. The molecule has 3 aliphatic rings. The molecule has 0 radical (unpaired) electrons. The lowest BCUT2D eigenvalue weighted by atomic mass is 9.87. The summed E-state index contributed by atoms with van der Waals surface area (Å²) in [7, 11) is 1.92. The number of nitrogens with zero attached hydrogens (tertiary/aromatic N) is 2. The van der Waals surface area contributed by atoms with Crippen LogP contribution in [0.2, 0.25) is 0 Å². The first-order chi connectivity index (χ1) is 13.6. The highest BCUT2D eigenvalue weighted by atomic mass is 32.1. The third-order valence-corrected chi connectivity index (χ3v) is 7.67. The fraction of sp³-hybridized carbons (Fsp3) is 0.762. The third-order valence-electron chi connectivity index (χ3n) is 6.63. The first-order valence-electron chi connectivity index (χ1n) is 10.9. The van der Waals surface area contributed by atoms with Crippen molar-refractivity contribution >= 4 is 28.3 Å². The highest BCUT2D eigenvalue weighted by molar-refractivity contribution is 7.15. The summed E-state index contributed by atoms with van der Waals surface area (Å²) in [6, 6.07) is 0.283. The van der Waals surface area contributed by atoms with Crippen LogP contribution in [0, 0.1) is 5.92 Å². The molecule has 1 aromatic heterocycles. The Morgan fingerprint density at radius 1 is 1.18 bits per heavy atom. The summed E-state index contributed by atoms with van der Waals surface area (Å²) in [4.78, 5) is 33.4. The fourth-order valence-corrected chi connectivity index (χ4v) is 6.01. The summed E-state index contributed by atoms with van der Waals surface area (Å²) in [6.45, 7) is 1.85. The first kappa shape index (κ1) is 19.8. The van der Waals surface area contributed by atoms with E-state index in [2.05, 4.69) is 10.6 Å². The Balaban J connectivity index is 1.41. The van der Waals surface area contributed by atoms with Crippen LogP contribution in [0.5, 0.6) is 0 Å². The van der Waals surface area contributed by atoms with Crippen LogP contribution in [0.3, 0.4) is 0 Å². The zero-order valence-electron chi connectivity index (χ0n) is 16.8. The normalized spacial score (nSPS) is 25.3. The Hall–Kier alpha value is -1.47. The molecule has 7 heteroatoms. The van der Waals surface area contributed by atoms with Crippen LogP contribution in [0.25, 0.3) is 0 Å². The minimum absolute atomic E-state index is 0.0787. The van der Waals surface area contributed by atoms with Gasteiger partial charge in [0.25, 0.3) is 0 Å². The number of aryl methyl sites for hydroxylation is 1. The predicted molar refractivity (Wildman–Crippen MR) is 112 cm³/mol. The summed E-state index contributed by atoms with van der Waals surface area (Å²) < 4.78 is 0. The van der Waals surface area contributed by atoms with Gasteiger partial charge in [-0.15, -0.1) is 11.3 Å². The van der Waals surface area contributed by atoms with E-state index < -0.39 is 0 Å². The molecular formula is C21H32N4O2S. The van der Waals surface area contributed by atoms with Gasteiger partial charge in [0.15, 0.2) is 5.13 Å². The standard InChI is InChI=1S/C21H32N4O2S/c1-25(15-10-11-22-13-15)20(27)16-8-5-9-17-19(16)24-21(28-17)23-18(26)12-14-6-3-2-4-7-14/h14-16,22H,2-13H2,1H3,(H,23,24,26). The smallest absolute Gasteiger partial charge is 0.231 e. The molecule has 2 atom stereocenters. The number of fused-ring (bicyclic) bond motifs is 1. The van der Waals surface area contributed by atoms with Gasteiger partial charge in [-0.05, 0) is 51.0 Å². The Kier molecular flexibility index (Phi) is 6.31. The molecule has 1 aromatic rings. The molecule has 4 rings (SSSR count). The molecule has 154 valence electrons. The lowest BCUT2D eigenvalue weighted by molar-refractivity contribution is -0.133. The topological polar surface area (TPSA) is 74.3 Å². The van der Waals surface area contributed by atoms with Gasteiger partial charge in [0.05, 0.1) is 11.6 Å². The van der Waals surface area contributed by atoms with Gasteiger partial charge in [-0.25, -0.2) is 4.98 Å². The van der Waals surface area contributed by atoms with Gasteiger partial charge >= 0.3 is 0 Å². The molecule has 2 aliphatic carbocycles. The number of rotatable bonds is 5. The van der Waals surface area contributed by atoms with Crippen molar-refractivity contribution in [3.63, 3.8) is 0 Å². The van der Waals surface area contributed by atoms with Crippen molar-refractivity contribution in [3.05, 3.63) is 10.6 Å². The van der Waals surface area contributed by atoms with Gasteiger partial charge in [-0.1, -0.05) is 19.3 Å². The summed E-state index contributed by atoms with van der Waals surface area (Å²) in [5.41, 5.74) is 0.909. The Bertz CT molecular complexity index is 707. The number of thiazole rings is 1. The molecular weight excluding hydrogens is 372 g/mol. The maximum Gasteiger partial charge on any atom is 0.231 e. The van der Waals surface area contributed by atoms with E-state index in [4.69, 9.17) is 4.98 Å². The largest absolute Gasteiger partial charge is 0.341 e. The van der Waals surface area contributed by atoms with Crippen LogP contribution in [-0.2, 0) is 16.0 Å². The second kappa shape index (κ2) is 8.91. The summed E-state index contributed by atoms with van der Waals surface area (Å²) in [5, 5.41) is 7.03. The third kappa shape index (κ3) is 4.40. The molecule has 1 saturated heterocycles. The fourth-order valence-electron chi connectivity index (χ4n) is 4.93. The average molecular weight is 405 g/mol. The van der Waals surface area contributed by atoms with E-state index in [1.807, 2.05) is 11.9 Å². The Morgan fingerprint density at radius 3 is 2.75 bits per heavy atom. The van der Waals surface area contributed by atoms with Crippen molar-refractivity contribution in [1.82, 2.24) is 15.2 Å². The van der Waals surface area contributed by atoms with E-state index in [9.17, 15) is 9.59 Å². The summed E-state index contributed by atoms with van der Waals surface area (Å²) in [6.07, 6.45) is 10.6. The van der Waals surface area contributed by atoms with Crippen LogP contribution < -0.4 is 10.6 Å². The van der Waals surface area contributed by atoms with Gasteiger partial charge in [0, 0.05) is 30.9 Å². The van der Waals surface area contributed by atoms with E-state index in [0.717, 1.165) is 44.5 Å². The molecule has 2 heterocycles. The van der Waals surface area contributed by atoms with E-state index in [-0.39, 0.29) is 23.8 Å². The minimum Gasteiger partial charge on any atom is -0.341 e. The maximum absolute atomic E-state index is 13.1. The van der Waals surface area contributed by atoms with Crippen molar-refractivity contribution in [3.8, 4) is 0 Å². The molecule has 2 fully saturated rings. The number of carbonyl (C=O) groups excluding carboxylic acids is 2. The highest BCUT2D eigenvalue weighted by Crippen LogP contribution is 2.38. The monoisotopic (exact) mass is 404 g/mol. The molecule has 0 aromatic carbocycles. The van der Waals surface area contributed by atoms with Crippen molar-refractivity contribution < 1.29 is 9.59 Å². The Labute approximate surface area is 171 Å². The van der Waals surface area contributed by atoms with Crippen LogP contribution in [0.15, 0.2) is 0 Å². The van der Waals surface area contributed by atoms with Crippen molar-refractivity contribution in [2.45, 2.75) is 76.2 Å². The van der Waals surface area contributed by atoms with Crippen LogP contribution in [0.4, 0.5) is 5.13 Å². The van der Waals surface area contributed by atoms with E-state index >= 15 is 0 Å². The molecule has 2 amide bonds. The zero-order valence-corrected chi connectivity index (χ0v) is 17.7. The Morgan fingerprint density at radius 2 is 2.00 bits per heavy atom. The number of hydrogen-bond donors (Lipinski definition) is 2. The lowest BCUT2D eigenvalue weighted by Gasteiger charge is -2.29. The second-order valence-electron chi connectivity index (χ2n) is 8.62. The highest BCUT2D eigenvalue weighted by Gasteiger charge is 2.35. The molecule has 0 bridgehead atoms. The summed E-state index contributed by atoms with van der Waals surface area (Å²) in [5.74, 6) is 0.621. The summed E-state index contributed by atoms with van der Waals surface area (Å²) >= 11 is 1.56. The minimum atomic E-state index is -0.158. The van der Waals surface area contributed by atoms with Gasteiger partial charge in [-0.2, -0.15) is 0 Å². The van der Waals surface area contributed by atoms with Gasteiger partial charge < -0.3 is 15.5 Å². The van der Waals surface area contributed by atoms with E-state index in [0.29, 0.717) is 17.5 Å². The quantitative estimate of drug-likeness (QED) is 0.790. The number of nitrogens with one attached hydrogen (secondary N) is 2. The lowest BCUT2D eigenvalue weighted by Crippen LogP contribution is -2.41. The van der Waals surface area contributed by atoms with E-state index in [1.165, 1.54) is 37.0 Å². The number of anilines is 1. The predicted octanol–water partition coefficient (Wildman–Crippen LogP) is 3.29. The molecule has 2 unspecified atom stereocenters. The van der Waals surface area contributed by atoms with Crippen LogP contribution in [0.1, 0.15) is 74.3 Å². The van der Waals surface area contributed by atoms with Crippen LogP contribution >= 0.6 is 11.3 Å². The maximum atomic E-state index is 13.1. The van der Waals surface area contributed by atoms with Gasteiger partial charge in [0.1, 0.15) is 0 Å². The van der Waals surface area contributed by atoms with Crippen molar-refractivity contribution in [2.75, 3.05) is 25.5 Å². The van der Waals surface area contributed by atoms with Gasteiger partial charge in [0.2, 0.25) is 11.8 Å². The number of hydrogen-bond acceptors (Lipinski definition) is 5. The first-order valence-corrected chi connectivity index (χ1v) is 11.7. The van der Waals surface area contributed by atoms with Crippen LogP contribution in [-0.4, -0.2) is 47.9 Å². The molecule has 2 N–H and O–H groups in total. The molecule has 0 spiro atoms. The number of amides is 2. The SMILES string of the molecule is CN(C(=O)C1CCCc2sc(NC(=O)CC3CCCCC3)nc21)C1CCNC1. The molecule has 1 aliphatic heterocycles.